The molecule has 0 saturated heterocycles. The van der Waals surface area contributed by atoms with Gasteiger partial charge in [0.05, 0.1) is 6.61 Å². The normalized spacial score (nSPS) is 10.6. The Hall–Kier alpha value is -0.810. The molecule has 0 spiro atoms. The Morgan fingerprint density at radius 1 is 1.29 bits per heavy atom. The summed E-state index contributed by atoms with van der Waals surface area (Å²) in [6.45, 7) is 7.83. The summed E-state index contributed by atoms with van der Waals surface area (Å²) in [7, 11) is 1.72. The first kappa shape index (κ1) is 14.3. The van der Waals surface area contributed by atoms with Gasteiger partial charge >= 0.3 is 0 Å². The van der Waals surface area contributed by atoms with E-state index in [0.29, 0.717) is 0 Å². The van der Waals surface area contributed by atoms with Gasteiger partial charge in [-0.05, 0) is 13.8 Å². The monoisotopic (exact) mass is 255 g/mol. The number of ether oxygens (including phenoxy) is 1. The quantitative estimate of drug-likeness (QED) is 0.461. The van der Waals surface area contributed by atoms with Gasteiger partial charge < -0.3 is 10.1 Å². The summed E-state index contributed by atoms with van der Waals surface area (Å²) in [4.78, 5) is 9.06. The van der Waals surface area contributed by atoms with E-state index in [2.05, 4.69) is 36.1 Å². The van der Waals surface area contributed by atoms with Crippen molar-refractivity contribution in [2.24, 2.45) is 0 Å². The van der Waals surface area contributed by atoms with E-state index in [1.54, 1.807) is 18.9 Å². The van der Waals surface area contributed by atoms with Gasteiger partial charge in [-0.1, -0.05) is 6.92 Å². The molecule has 0 bridgehead atoms. The molecule has 5 heteroatoms. The number of hydrogen-bond acceptors (Lipinski definition) is 5. The highest BCUT2D eigenvalue weighted by Crippen LogP contribution is 2.24. The molecule has 0 atom stereocenters. The summed E-state index contributed by atoms with van der Waals surface area (Å²) in [6.07, 6.45) is 0.858. The zero-order chi connectivity index (χ0) is 12.7. The van der Waals surface area contributed by atoms with Gasteiger partial charge in [-0.25, -0.2) is 9.97 Å². The summed E-state index contributed by atoms with van der Waals surface area (Å²) in [5.74, 6) is 2.77. The summed E-state index contributed by atoms with van der Waals surface area (Å²) in [5.41, 5.74) is 1.13. The fraction of sp³-hybridized carbons (Fsp3) is 0.667. The smallest absolute Gasteiger partial charge is 0.133 e. The second-order valence-electron chi connectivity index (χ2n) is 3.64. The minimum atomic E-state index is 0.742. The van der Waals surface area contributed by atoms with Crippen molar-refractivity contribution in [3.8, 4) is 0 Å². The second kappa shape index (κ2) is 7.50. The Balaban J connectivity index is 2.89. The van der Waals surface area contributed by atoms with Crippen molar-refractivity contribution in [2.75, 3.05) is 31.3 Å². The molecule has 17 heavy (non-hydrogen) atoms. The molecule has 0 amide bonds. The van der Waals surface area contributed by atoms with E-state index >= 15 is 0 Å². The molecule has 0 radical (unpaired) electrons. The van der Waals surface area contributed by atoms with E-state index in [4.69, 9.17) is 4.74 Å². The van der Waals surface area contributed by atoms with Crippen LogP contribution in [-0.2, 0) is 11.2 Å². The molecule has 1 aromatic rings. The number of nitrogens with one attached hydrogen (secondary N) is 1. The van der Waals surface area contributed by atoms with Crippen molar-refractivity contribution < 1.29 is 4.74 Å². The Morgan fingerprint density at radius 2 is 2.06 bits per heavy atom. The molecule has 1 heterocycles. The van der Waals surface area contributed by atoms with E-state index in [1.165, 1.54) is 0 Å². The van der Waals surface area contributed by atoms with Crippen molar-refractivity contribution in [1.82, 2.24) is 9.97 Å². The highest BCUT2D eigenvalue weighted by Gasteiger charge is 2.09. The van der Waals surface area contributed by atoms with Gasteiger partial charge in [-0.3, -0.25) is 0 Å². The second-order valence-corrected chi connectivity index (χ2v) is 4.73. The Bertz CT molecular complexity index is 358. The fourth-order valence-corrected chi connectivity index (χ4v) is 2.33. The zero-order valence-electron chi connectivity index (χ0n) is 11.0. The van der Waals surface area contributed by atoms with E-state index in [1.807, 2.05) is 0 Å². The number of aryl methyl sites for hydroxylation is 1. The van der Waals surface area contributed by atoms with Gasteiger partial charge in [0.2, 0.25) is 0 Å². The number of methoxy groups -OCH3 is 1. The molecule has 0 fully saturated rings. The van der Waals surface area contributed by atoms with Gasteiger partial charge in [0.25, 0.3) is 0 Å². The zero-order valence-corrected chi connectivity index (χ0v) is 11.9. The summed E-state index contributed by atoms with van der Waals surface area (Å²) < 4.78 is 5.06. The Labute approximate surface area is 108 Å². The number of rotatable bonds is 7. The molecular weight excluding hydrogens is 234 g/mol. The molecule has 0 aliphatic heterocycles. The van der Waals surface area contributed by atoms with Gasteiger partial charge in [0.15, 0.2) is 0 Å². The van der Waals surface area contributed by atoms with E-state index in [0.717, 1.165) is 47.6 Å². The lowest BCUT2D eigenvalue weighted by Gasteiger charge is -2.12. The number of nitrogens with zero attached hydrogens (tertiary/aromatic N) is 2. The molecule has 0 saturated carbocycles. The third-order valence-electron chi connectivity index (χ3n) is 2.33. The van der Waals surface area contributed by atoms with Crippen LogP contribution in [0.25, 0.3) is 0 Å². The minimum Gasteiger partial charge on any atom is -0.384 e. The van der Waals surface area contributed by atoms with Crippen LogP contribution in [0, 0.1) is 6.92 Å². The van der Waals surface area contributed by atoms with Crippen LogP contribution in [0.3, 0.4) is 0 Å². The maximum Gasteiger partial charge on any atom is 0.133 e. The van der Waals surface area contributed by atoms with Crippen LogP contribution in [0.4, 0.5) is 5.82 Å². The lowest BCUT2D eigenvalue weighted by atomic mass is 10.3. The lowest BCUT2D eigenvalue weighted by Crippen LogP contribution is -2.07. The van der Waals surface area contributed by atoms with Gasteiger partial charge in [0.1, 0.15) is 16.7 Å². The molecule has 0 unspecified atom stereocenters. The maximum absolute atomic E-state index is 5.06. The topological polar surface area (TPSA) is 47.0 Å². The van der Waals surface area contributed by atoms with Crippen LogP contribution in [0.1, 0.15) is 25.2 Å². The molecule has 1 rings (SSSR count). The van der Waals surface area contributed by atoms with Crippen LogP contribution < -0.4 is 5.32 Å². The van der Waals surface area contributed by atoms with Crippen molar-refractivity contribution in [2.45, 2.75) is 32.2 Å². The summed E-state index contributed by atoms with van der Waals surface area (Å²) >= 11 is 1.73. The molecule has 4 nitrogen and oxygen atoms in total. The fourth-order valence-electron chi connectivity index (χ4n) is 1.40. The van der Waals surface area contributed by atoms with E-state index < -0.39 is 0 Å². The average Bonchev–Trinajstić information content (AvgIpc) is 2.34. The van der Waals surface area contributed by atoms with Gasteiger partial charge in [0, 0.05) is 31.4 Å². The third-order valence-corrected chi connectivity index (χ3v) is 3.38. The minimum absolute atomic E-state index is 0.742. The number of thioether (sulfide) groups is 1. The van der Waals surface area contributed by atoms with Crippen molar-refractivity contribution in [3.63, 3.8) is 0 Å². The lowest BCUT2D eigenvalue weighted by molar-refractivity contribution is 0.218. The SMILES string of the molecule is CCNc1nc(CC)nc(SCCOC)c1C. The predicted octanol–water partition coefficient (Wildman–Crippen LogP) is 2.52. The molecule has 0 aliphatic rings. The highest BCUT2D eigenvalue weighted by molar-refractivity contribution is 7.99. The average molecular weight is 255 g/mol. The molecule has 0 aliphatic carbocycles. The maximum atomic E-state index is 5.06. The van der Waals surface area contributed by atoms with E-state index in [9.17, 15) is 0 Å². The molecular formula is C12H21N3OS. The van der Waals surface area contributed by atoms with Crippen LogP contribution >= 0.6 is 11.8 Å². The largest absolute Gasteiger partial charge is 0.384 e. The van der Waals surface area contributed by atoms with Crippen molar-refractivity contribution in [1.29, 1.82) is 0 Å². The number of hydrogen-bond donors (Lipinski definition) is 1. The molecule has 96 valence electrons. The number of aromatic nitrogens is 2. The van der Waals surface area contributed by atoms with Crippen molar-refractivity contribution in [3.05, 3.63) is 11.4 Å². The summed E-state index contributed by atoms with van der Waals surface area (Å²) in [6, 6.07) is 0. The standard InChI is InChI=1S/C12H21N3OS/c1-5-10-14-11(13-6-2)9(3)12(15-10)17-8-7-16-4/h5-8H2,1-4H3,(H,13,14,15). The van der Waals surface area contributed by atoms with Crippen LogP contribution in [-0.4, -0.2) is 36.0 Å². The van der Waals surface area contributed by atoms with Crippen LogP contribution in [0.15, 0.2) is 5.03 Å². The van der Waals surface area contributed by atoms with Gasteiger partial charge in [-0.2, -0.15) is 0 Å². The summed E-state index contributed by atoms with van der Waals surface area (Å²) in [5, 5.41) is 4.35. The molecule has 0 aromatic carbocycles. The van der Waals surface area contributed by atoms with Gasteiger partial charge in [-0.15, -0.1) is 11.8 Å². The first-order valence-corrected chi connectivity index (χ1v) is 6.94. The Morgan fingerprint density at radius 3 is 2.65 bits per heavy atom. The van der Waals surface area contributed by atoms with Crippen LogP contribution in [0.2, 0.25) is 0 Å². The highest BCUT2D eigenvalue weighted by atomic mass is 32.2. The number of anilines is 1. The third kappa shape index (κ3) is 4.16. The predicted molar refractivity (Wildman–Crippen MR) is 72.9 cm³/mol. The molecule has 1 N–H and O–H groups in total. The van der Waals surface area contributed by atoms with E-state index in [-0.39, 0.29) is 0 Å². The van der Waals surface area contributed by atoms with Crippen LogP contribution in [0.5, 0.6) is 0 Å². The Kier molecular flexibility index (Phi) is 6.29. The first-order chi connectivity index (χ1) is 8.22. The first-order valence-electron chi connectivity index (χ1n) is 5.96. The molecule has 1 aromatic heterocycles. The van der Waals surface area contributed by atoms with Crippen molar-refractivity contribution >= 4 is 17.6 Å².